The SMILES string of the molecule is C[CH]C.[c]1ccccn1. The summed E-state index contributed by atoms with van der Waals surface area (Å²) in [4.78, 5) is 3.66. The van der Waals surface area contributed by atoms with Gasteiger partial charge in [0.2, 0.25) is 0 Å². The molecule has 2 radical (unpaired) electrons. The van der Waals surface area contributed by atoms with Crippen molar-refractivity contribution in [2.24, 2.45) is 0 Å². The van der Waals surface area contributed by atoms with Gasteiger partial charge in [0.05, 0.1) is 6.20 Å². The van der Waals surface area contributed by atoms with E-state index in [2.05, 4.69) is 11.2 Å². The topological polar surface area (TPSA) is 12.9 Å². The molecule has 0 fully saturated rings. The third kappa shape index (κ3) is 7.15. The monoisotopic (exact) mass is 121 g/mol. The molecule has 1 nitrogen and oxygen atoms in total. The van der Waals surface area contributed by atoms with E-state index in [4.69, 9.17) is 0 Å². The first-order valence-corrected chi connectivity index (χ1v) is 2.93. The summed E-state index contributed by atoms with van der Waals surface area (Å²) in [5, 5.41) is 0. The van der Waals surface area contributed by atoms with E-state index in [0.717, 1.165) is 0 Å². The Labute approximate surface area is 56.8 Å². The van der Waals surface area contributed by atoms with Gasteiger partial charge in [-0.05, 0) is 18.6 Å². The van der Waals surface area contributed by atoms with Crippen LogP contribution in [0.2, 0.25) is 0 Å². The van der Waals surface area contributed by atoms with E-state index in [1.165, 1.54) is 0 Å². The van der Waals surface area contributed by atoms with Crippen LogP contribution in [0.15, 0.2) is 24.4 Å². The Balaban J connectivity index is 0.000000187. The Morgan fingerprint density at radius 1 is 1.33 bits per heavy atom. The molecule has 0 aliphatic rings. The summed E-state index contributed by atoms with van der Waals surface area (Å²) in [6.45, 7) is 4.00. The van der Waals surface area contributed by atoms with Gasteiger partial charge in [0.25, 0.3) is 0 Å². The fourth-order valence-corrected chi connectivity index (χ4v) is 0.277. The van der Waals surface area contributed by atoms with E-state index < -0.39 is 0 Å². The summed E-state index contributed by atoms with van der Waals surface area (Å²) in [7, 11) is 0. The summed E-state index contributed by atoms with van der Waals surface area (Å²) >= 11 is 0. The standard InChI is InChI=1S/C5H4N.C3H7/c1-2-4-6-5-3-1;1-3-2/h1-4H;3H,1-2H3. The van der Waals surface area contributed by atoms with Crippen molar-refractivity contribution in [1.29, 1.82) is 0 Å². The van der Waals surface area contributed by atoms with Crippen molar-refractivity contribution in [3.8, 4) is 0 Å². The molecule has 1 heterocycles. The molecule has 1 aromatic rings. The molecular weight excluding hydrogens is 110 g/mol. The Hall–Kier alpha value is -0.850. The second-order valence-corrected chi connectivity index (χ2v) is 1.54. The minimum absolute atomic E-state index is 1.69. The lowest BCUT2D eigenvalue weighted by Gasteiger charge is -1.68. The predicted octanol–water partition coefficient (Wildman–Crippen LogP) is 2.11. The summed E-state index contributed by atoms with van der Waals surface area (Å²) in [6, 6.07) is 5.50. The molecule has 1 rings (SSSR count). The van der Waals surface area contributed by atoms with Crippen LogP contribution in [-0.2, 0) is 0 Å². The van der Waals surface area contributed by atoms with Gasteiger partial charge in [0.15, 0.2) is 0 Å². The molecule has 0 saturated carbocycles. The highest BCUT2D eigenvalue weighted by Gasteiger charge is 1.59. The molecule has 0 N–H and O–H groups in total. The molecule has 9 heavy (non-hydrogen) atoms. The first-order valence-electron chi connectivity index (χ1n) is 2.93. The van der Waals surface area contributed by atoms with E-state index in [1.54, 1.807) is 12.3 Å². The van der Waals surface area contributed by atoms with Gasteiger partial charge in [-0.15, -0.1) is 0 Å². The zero-order chi connectivity index (χ0) is 6.95. The molecule has 0 amide bonds. The summed E-state index contributed by atoms with van der Waals surface area (Å²) in [6.07, 6.45) is 6.34. The highest BCUT2D eigenvalue weighted by Crippen LogP contribution is 1.72. The van der Waals surface area contributed by atoms with Crippen LogP contribution >= 0.6 is 0 Å². The molecular formula is C8H11N. The van der Waals surface area contributed by atoms with Crippen LogP contribution in [0, 0.1) is 12.6 Å². The number of aromatic nitrogens is 1. The molecule has 0 atom stereocenters. The van der Waals surface area contributed by atoms with Crippen LogP contribution in [0.5, 0.6) is 0 Å². The third-order valence-electron chi connectivity index (χ3n) is 0.517. The third-order valence-corrected chi connectivity index (χ3v) is 0.517. The van der Waals surface area contributed by atoms with Gasteiger partial charge in [-0.2, -0.15) is 0 Å². The molecule has 0 aliphatic carbocycles. The first kappa shape index (κ1) is 8.15. The molecule has 1 heteroatoms. The van der Waals surface area contributed by atoms with Gasteiger partial charge in [0.1, 0.15) is 0 Å². The average Bonchev–Trinajstić information content (AvgIpc) is 1.93. The van der Waals surface area contributed by atoms with E-state index in [0.29, 0.717) is 0 Å². The maximum Gasteiger partial charge on any atom is 0.0886 e. The van der Waals surface area contributed by atoms with Gasteiger partial charge in [-0.3, -0.25) is 4.98 Å². The van der Waals surface area contributed by atoms with Crippen LogP contribution in [0.25, 0.3) is 0 Å². The summed E-state index contributed by atoms with van der Waals surface area (Å²) < 4.78 is 0. The van der Waals surface area contributed by atoms with Gasteiger partial charge in [0, 0.05) is 6.20 Å². The van der Waals surface area contributed by atoms with E-state index in [1.807, 2.05) is 32.4 Å². The molecule has 0 saturated heterocycles. The summed E-state index contributed by atoms with van der Waals surface area (Å²) in [5.74, 6) is 0. The second-order valence-electron chi connectivity index (χ2n) is 1.54. The lowest BCUT2D eigenvalue weighted by Crippen LogP contribution is -1.60. The number of nitrogens with zero attached hydrogens (tertiary/aromatic N) is 1. The van der Waals surface area contributed by atoms with E-state index in [-0.39, 0.29) is 0 Å². The van der Waals surface area contributed by atoms with Crippen molar-refractivity contribution in [2.75, 3.05) is 0 Å². The van der Waals surface area contributed by atoms with Gasteiger partial charge in [-0.1, -0.05) is 19.9 Å². The van der Waals surface area contributed by atoms with Crippen molar-refractivity contribution >= 4 is 0 Å². The van der Waals surface area contributed by atoms with Crippen molar-refractivity contribution in [3.05, 3.63) is 37.0 Å². The Morgan fingerprint density at radius 2 is 2.00 bits per heavy atom. The molecule has 48 valence electrons. The van der Waals surface area contributed by atoms with Crippen LogP contribution in [0.1, 0.15) is 13.8 Å². The minimum atomic E-state index is 1.69. The molecule has 0 bridgehead atoms. The second kappa shape index (κ2) is 7.15. The van der Waals surface area contributed by atoms with Crippen LogP contribution in [0.3, 0.4) is 0 Å². The van der Waals surface area contributed by atoms with Crippen LogP contribution in [0.4, 0.5) is 0 Å². The fourth-order valence-electron chi connectivity index (χ4n) is 0.277. The van der Waals surface area contributed by atoms with Crippen molar-refractivity contribution in [2.45, 2.75) is 13.8 Å². The normalized spacial score (nSPS) is 7.33. The summed E-state index contributed by atoms with van der Waals surface area (Å²) in [5.41, 5.74) is 0. The quantitative estimate of drug-likeness (QED) is 0.512. The van der Waals surface area contributed by atoms with E-state index in [9.17, 15) is 0 Å². The van der Waals surface area contributed by atoms with Crippen LogP contribution < -0.4 is 0 Å². The molecule has 0 aromatic carbocycles. The smallest absolute Gasteiger partial charge is 0.0886 e. The molecule has 0 unspecified atom stereocenters. The van der Waals surface area contributed by atoms with Gasteiger partial charge in [-0.25, -0.2) is 0 Å². The highest BCUT2D eigenvalue weighted by atomic mass is 14.6. The number of hydrogen-bond donors (Lipinski definition) is 0. The largest absolute Gasteiger partial charge is 0.255 e. The number of rotatable bonds is 0. The van der Waals surface area contributed by atoms with Gasteiger partial charge < -0.3 is 0 Å². The first-order chi connectivity index (χ1) is 4.41. The lowest BCUT2D eigenvalue weighted by molar-refractivity contribution is 1.31. The maximum absolute atomic E-state index is 3.66. The number of pyridine rings is 1. The Bertz CT molecular complexity index is 87.4. The lowest BCUT2D eigenvalue weighted by atomic mass is 10.5. The van der Waals surface area contributed by atoms with Gasteiger partial charge >= 0.3 is 0 Å². The molecule has 0 spiro atoms. The van der Waals surface area contributed by atoms with Crippen molar-refractivity contribution in [3.63, 3.8) is 0 Å². The highest BCUT2D eigenvalue weighted by molar-refractivity contribution is 4.86. The zero-order valence-electron chi connectivity index (χ0n) is 5.83. The zero-order valence-corrected chi connectivity index (χ0v) is 5.83. The average molecular weight is 121 g/mol. The predicted molar refractivity (Wildman–Crippen MR) is 38.7 cm³/mol. The maximum atomic E-state index is 3.66. The van der Waals surface area contributed by atoms with E-state index >= 15 is 0 Å². The molecule has 0 aliphatic heterocycles. The van der Waals surface area contributed by atoms with Crippen molar-refractivity contribution in [1.82, 2.24) is 4.98 Å². The van der Waals surface area contributed by atoms with Crippen LogP contribution in [-0.4, -0.2) is 4.98 Å². The fraction of sp³-hybridized carbons (Fsp3) is 0.250. The number of hydrogen-bond acceptors (Lipinski definition) is 1. The van der Waals surface area contributed by atoms with Crippen molar-refractivity contribution < 1.29 is 0 Å². The molecule has 1 aromatic heterocycles. The minimum Gasteiger partial charge on any atom is -0.255 e. The Kier molecular flexibility index (Phi) is 6.47. The Morgan fingerprint density at radius 3 is 2.11 bits per heavy atom.